The van der Waals surface area contributed by atoms with Crippen LogP contribution in [0, 0.1) is 0 Å². The number of Topliss-reactive ketones (excluding diaryl/α,β-unsaturated/α-hetero) is 1. The molecule has 0 bridgehead atoms. The average Bonchev–Trinajstić information content (AvgIpc) is 2.61. The van der Waals surface area contributed by atoms with Gasteiger partial charge in [0.1, 0.15) is 5.75 Å². The molecule has 0 saturated heterocycles. The molecule has 144 valence electrons. The largest absolute Gasteiger partial charge is 0.494 e. The van der Waals surface area contributed by atoms with E-state index >= 15 is 0 Å². The molecule has 5 heteroatoms. The van der Waals surface area contributed by atoms with Crippen molar-refractivity contribution in [2.45, 2.75) is 59.0 Å². The highest BCUT2D eigenvalue weighted by molar-refractivity contribution is 6.03. The highest BCUT2D eigenvalue weighted by atomic mass is 16.5. The van der Waals surface area contributed by atoms with E-state index < -0.39 is 5.92 Å². The van der Waals surface area contributed by atoms with E-state index in [1.165, 1.54) is 0 Å². The number of nitrogens with one attached hydrogen (secondary N) is 1. The molecule has 5 nitrogen and oxygen atoms in total. The van der Waals surface area contributed by atoms with Crippen LogP contribution in [0.25, 0.3) is 0 Å². The molecule has 1 aliphatic carbocycles. The lowest BCUT2D eigenvalue weighted by atomic mass is 9.75. The zero-order valence-electron chi connectivity index (χ0n) is 16.4. The number of esters is 1. The molecule has 1 aromatic carbocycles. The second-order valence-electron chi connectivity index (χ2n) is 7.22. The first-order valence-electron chi connectivity index (χ1n) is 9.60. The van der Waals surface area contributed by atoms with E-state index in [1.54, 1.807) is 0 Å². The van der Waals surface area contributed by atoms with Gasteiger partial charge in [0.2, 0.25) is 0 Å². The first kappa shape index (κ1) is 19.2. The maximum atomic E-state index is 12.9. The molecule has 0 fully saturated rings. The van der Waals surface area contributed by atoms with Crippen LogP contribution in [-0.2, 0) is 14.3 Å². The maximum absolute atomic E-state index is 12.9. The summed E-state index contributed by atoms with van der Waals surface area (Å²) in [5.74, 6) is 0.0890. The van der Waals surface area contributed by atoms with Gasteiger partial charge < -0.3 is 14.8 Å². The Kier molecular flexibility index (Phi) is 5.68. The van der Waals surface area contributed by atoms with E-state index in [9.17, 15) is 9.59 Å². The predicted octanol–water partition coefficient (Wildman–Crippen LogP) is 4.00. The van der Waals surface area contributed by atoms with E-state index in [1.807, 2.05) is 52.0 Å². The lowest BCUT2D eigenvalue weighted by Crippen LogP contribution is -2.34. The van der Waals surface area contributed by atoms with Crippen molar-refractivity contribution >= 4 is 11.8 Å². The summed E-state index contributed by atoms with van der Waals surface area (Å²) in [6.45, 7) is 8.05. The fourth-order valence-electron chi connectivity index (χ4n) is 3.79. The van der Waals surface area contributed by atoms with Crippen molar-refractivity contribution in [2.75, 3.05) is 6.61 Å². The summed E-state index contributed by atoms with van der Waals surface area (Å²) in [5, 5.41) is 3.30. The van der Waals surface area contributed by atoms with Crippen LogP contribution in [0.3, 0.4) is 0 Å². The SMILES string of the molecule is CCOc1ccc([C@@H]2C(C(=O)OC(C)C)=C(C)NC3=C2C(=O)CCC3)cc1. The number of carbonyl (C=O) groups excluding carboxylic acids is 2. The maximum Gasteiger partial charge on any atom is 0.337 e. The van der Waals surface area contributed by atoms with Crippen LogP contribution in [-0.4, -0.2) is 24.5 Å². The molecule has 27 heavy (non-hydrogen) atoms. The number of dihydropyridines is 1. The molecule has 0 spiro atoms. The molecule has 1 atom stereocenters. The van der Waals surface area contributed by atoms with E-state index in [0.29, 0.717) is 24.2 Å². The van der Waals surface area contributed by atoms with E-state index in [-0.39, 0.29) is 17.9 Å². The van der Waals surface area contributed by atoms with E-state index in [0.717, 1.165) is 35.5 Å². The Balaban J connectivity index is 2.08. The first-order valence-corrected chi connectivity index (χ1v) is 9.60. The quantitative estimate of drug-likeness (QED) is 0.795. The van der Waals surface area contributed by atoms with Crippen molar-refractivity contribution in [3.63, 3.8) is 0 Å². The Morgan fingerprint density at radius 2 is 1.93 bits per heavy atom. The van der Waals surface area contributed by atoms with Crippen molar-refractivity contribution in [1.29, 1.82) is 0 Å². The number of ketones is 1. The molecule has 0 amide bonds. The highest BCUT2D eigenvalue weighted by Gasteiger charge is 2.39. The third-order valence-electron chi connectivity index (χ3n) is 4.86. The minimum atomic E-state index is -0.407. The normalized spacial score (nSPS) is 19.7. The highest BCUT2D eigenvalue weighted by Crippen LogP contribution is 2.42. The molecule has 0 saturated carbocycles. The Morgan fingerprint density at radius 1 is 1.22 bits per heavy atom. The number of allylic oxidation sites excluding steroid dienone is 3. The summed E-state index contributed by atoms with van der Waals surface area (Å²) < 4.78 is 11.0. The van der Waals surface area contributed by atoms with Gasteiger partial charge in [-0.05, 0) is 58.2 Å². The molecule has 1 aromatic rings. The third-order valence-corrected chi connectivity index (χ3v) is 4.86. The second-order valence-corrected chi connectivity index (χ2v) is 7.22. The van der Waals surface area contributed by atoms with Gasteiger partial charge in [0.15, 0.2) is 5.78 Å². The number of benzene rings is 1. The van der Waals surface area contributed by atoms with E-state index in [4.69, 9.17) is 9.47 Å². The number of carbonyl (C=O) groups is 2. The van der Waals surface area contributed by atoms with Gasteiger partial charge >= 0.3 is 5.97 Å². The number of hydrogen-bond acceptors (Lipinski definition) is 5. The molecule has 1 heterocycles. The van der Waals surface area contributed by atoms with Gasteiger partial charge in [-0.25, -0.2) is 4.79 Å². The summed E-state index contributed by atoms with van der Waals surface area (Å²) in [5.41, 5.74) is 3.81. The topological polar surface area (TPSA) is 64.6 Å². The van der Waals surface area contributed by atoms with Gasteiger partial charge in [0, 0.05) is 29.3 Å². The summed E-state index contributed by atoms with van der Waals surface area (Å²) >= 11 is 0. The molecule has 0 radical (unpaired) electrons. The summed E-state index contributed by atoms with van der Waals surface area (Å²) in [6.07, 6.45) is 1.94. The molecule has 0 unspecified atom stereocenters. The summed E-state index contributed by atoms with van der Waals surface area (Å²) in [7, 11) is 0. The molecule has 1 aliphatic heterocycles. The van der Waals surface area contributed by atoms with Crippen LogP contribution in [0.2, 0.25) is 0 Å². The number of hydrogen-bond donors (Lipinski definition) is 1. The van der Waals surface area contributed by atoms with Crippen LogP contribution in [0.1, 0.15) is 58.4 Å². The molecular formula is C22H27NO4. The average molecular weight is 369 g/mol. The van der Waals surface area contributed by atoms with Gasteiger partial charge in [-0.1, -0.05) is 12.1 Å². The van der Waals surface area contributed by atoms with Crippen molar-refractivity contribution < 1.29 is 19.1 Å². The van der Waals surface area contributed by atoms with Crippen LogP contribution in [0.4, 0.5) is 0 Å². The Morgan fingerprint density at radius 3 is 2.56 bits per heavy atom. The predicted molar refractivity (Wildman–Crippen MR) is 103 cm³/mol. The zero-order valence-corrected chi connectivity index (χ0v) is 16.4. The minimum Gasteiger partial charge on any atom is -0.494 e. The molecule has 2 aliphatic rings. The Labute approximate surface area is 160 Å². The zero-order chi connectivity index (χ0) is 19.6. The molecule has 0 aromatic heterocycles. The monoisotopic (exact) mass is 369 g/mol. The summed E-state index contributed by atoms with van der Waals surface area (Å²) in [6, 6.07) is 7.64. The fourth-order valence-corrected chi connectivity index (χ4v) is 3.79. The Hall–Kier alpha value is -2.56. The third kappa shape index (κ3) is 3.92. The van der Waals surface area contributed by atoms with Gasteiger partial charge in [0.05, 0.1) is 18.3 Å². The number of rotatable bonds is 5. The van der Waals surface area contributed by atoms with Crippen molar-refractivity contribution in [3.8, 4) is 5.75 Å². The molecular weight excluding hydrogens is 342 g/mol. The van der Waals surface area contributed by atoms with Crippen molar-refractivity contribution in [2.24, 2.45) is 0 Å². The molecule has 3 rings (SSSR count). The van der Waals surface area contributed by atoms with Crippen LogP contribution < -0.4 is 10.1 Å². The molecule has 1 N–H and O–H groups in total. The van der Waals surface area contributed by atoms with Crippen molar-refractivity contribution in [1.82, 2.24) is 5.32 Å². The van der Waals surface area contributed by atoms with Crippen LogP contribution in [0.15, 0.2) is 46.8 Å². The second kappa shape index (κ2) is 7.99. The van der Waals surface area contributed by atoms with Crippen molar-refractivity contribution in [3.05, 3.63) is 52.4 Å². The standard InChI is InChI=1S/C22H27NO4/c1-5-26-16-11-9-15(10-12-16)20-19(22(25)27-13(2)3)14(4)23-17-7-6-8-18(24)21(17)20/h9-13,20,23H,5-8H2,1-4H3/t20-/m1/s1. The van der Waals surface area contributed by atoms with E-state index in [2.05, 4.69) is 5.32 Å². The van der Waals surface area contributed by atoms with Gasteiger partial charge in [-0.3, -0.25) is 4.79 Å². The van der Waals surface area contributed by atoms with Gasteiger partial charge in [0.25, 0.3) is 0 Å². The minimum absolute atomic E-state index is 0.102. The smallest absolute Gasteiger partial charge is 0.337 e. The van der Waals surface area contributed by atoms with Crippen LogP contribution >= 0.6 is 0 Å². The van der Waals surface area contributed by atoms with Crippen LogP contribution in [0.5, 0.6) is 5.75 Å². The fraction of sp³-hybridized carbons (Fsp3) is 0.455. The lowest BCUT2D eigenvalue weighted by Gasteiger charge is -2.34. The first-order chi connectivity index (χ1) is 12.9. The lowest BCUT2D eigenvalue weighted by molar-refractivity contribution is -0.143. The van der Waals surface area contributed by atoms with Gasteiger partial charge in [-0.15, -0.1) is 0 Å². The van der Waals surface area contributed by atoms with Gasteiger partial charge in [-0.2, -0.15) is 0 Å². The number of ether oxygens (including phenoxy) is 2. The summed E-state index contributed by atoms with van der Waals surface area (Å²) in [4.78, 5) is 25.7. The Bertz CT molecular complexity index is 802.